The molecule has 0 radical (unpaired) electrons. The van der Waals surface area contributed by atoms with Crippen LogP contribution in [0.2, 0.25) is 0 Å². The molecule has 19 heavy (non-hydrogen) atoms. The van der Waals surface area contributed by atoms with Crippen molar-refractivity contribution in [2.75, 3.05) is 0 Å². The van der Waals surface area contributed by atoms with Gasteiger partial charge in [0.1, 0.15) is 0 Å². The normalized spacial score (nSPS) is 18.3. The van der Waals surface area contributed by atoms with E-state index >= 15 is 0 Å². The van der Waals surface area contributed by atoms with E-state index in [2.05, 4.69) is 5.32 Å². The van der Waals surface area contributed by atoms with E-state index in [9.17, 15) is 9.59 Å². The van der Waals surface area contributed by atoms with E-state index in [0.717, 1.165) is 34.0 Å². The molecule has 1 aliphatic carbocycles. The van der Waals surface area contributed by atoms with Gasteiger partial charge in [-0.25, -0.2) is 0 Å². The van der Waals surface area contributed by atoms with Gasteiger partial charge in [0.2, 0.25) is 0 Å². The van der Waals surface area contributed by atoms with Gasteiger partial charge in [-0.2, -0.15) is 0 Å². The molecule has 2 aromatic carbocycles. The van der Waals surface area contributed by atoms with E-state index in [1.165, 1.54) is 0 Å². The largest absolute Gasteiger partial charge is 0.287 e. The summed E-state index contributed by atoms with van der Waals surface area (Å²) in [5.41, 5.74) is 3.89. The third-order valence-electron chi connectivity index (χ3n) is 3.68. The van der Waals surface area contributed by atoms with Crippen LogP contribution in [0.15, 0.2) is 48.5 Å². The maximum atomic E-state index is 12.4. The summed E-state index contributed by atoms with van der Waals surface area (Å²) in [4.78, 5) is 24.0. The van der Waals surface area contributed by atoms with Gasteiger partial charge >= 0.3 is 0 Å². The number of fused-ring (bicyclic) bond motifs is 5. The Hall–Kier alpha value is -2.07. The van der Waals surface area contributed by atoms with Crippen molar-refractivity contribution in [2.45, 2.75) is 4.75 Å². The minimum Gasteiger partial charge on any atom is -0.285 e. The van der Waals surface area contributed by atoms with Crippen LogP contribution in [-0.2, 0) is 9.54 Å². The molecule has 1 spiro atoms. The number of rotatable bonds is 0. The Morgan fingerprint density at radius 1 is 0.842 bits per heavy atom. The van der Waals surface area contributed by atoms with Crippen LogP contribution in [0.5, 0.6) is 0 Å². The maximum absolute atomic E-state index is 12.4. The van der Waals surface area contributed by atoms with Crippen molar-refractivity contribution < 1.29 is 9.59 Å². The molecule has 1 N–H and O–H groups in total. The molecule has 1 aliphatic heterocycles. The molecular weight excluding hydrogens is 258 g/mol. The highest BCUT2D eigenvalue weighted by Crippen LogP contribution is 2.57. The number of nitrogens with one attached hydrogen (secondary N) is 1. The lowest BCUT2D eigenvalue weighted by molar-refractivity contribution is -0.120. The average Bonchev–Trinajstić information content (AvgIpc) is 2.89. The summed E-state index contributed by atoms with van der Waals surface area (Å²) in [6.07, 6.45) is 0. The quantitative estimate of drug-likeness (QED) is 0.798. The molecule has 0 saturated carbocycles. The first-order valence-electron chi connectivity index (χ1n) is 5.97. The third kappa shape index (κ3) is 1.19. The van der Waals surface area contributed by atoms with Crippen LogP contribution in [0.3, 0.4) is 0 Å². The smallest absolute Gasteiger partial charge is 0.285 e. The first-order valence-corrected chi connectivity index (χ1v) is 6.79. The fraction of sp³-hybridized carbons (Fsp3) is 0.0667. The van der Waals surface area contributed by atoms with Gasteiger partial charge in [0, 0.05) is 0 Å². The van der Waals surface area contributed by atoms with Crippen molar-refractivity contribution in [3.63, 3.8) is 0 Å². The highest BCUT2D eigenvalue weighted by Gasteiger charge is 2.55. The van der Waals surface area contributed by atoms with E-state index in [-0.39, 0.29) is 11.1 Å². The number of imide groups is 1. The summed E-state index contributed by atoms with van der Waals surface area (Å²) in [6.45, 7) is 0. The van der Waals surface area contributed by atoms with Crippen LogP contribution in [0.4, 0.5) is 4.79 Å². The molecule has 2 amide bonds. The van der Waals surface area contributed by atoms with E-state index in [1.807, 2.05) is 48.5 Å². The van der Waals surface area contributed by atoms with Gasteiger partial charge in [-0.15, -0.1) is 0 Å². The van der Waals surface area contributed by atoms with E-state index in [4.69, 9.17) is 0 Å². The first kappa shape index (κ1) is 10.8. The Balaban J connectivity index is 2.13. The topological polar surface area (TPSA) is 46.2 Å². The molecule has 3 nitrogen and oxygen atoms in total. The molecule has 2 aliphatic rings. The van der Waals surface area contributed by atoms with Gasteiger partial charge in [-0.1, -0.05) is 48.5 Å². The molecule has 4 rings (SSSR count). The summed E-state index contributed by atoms with van der Waals surface area (Å²) < 4.78 is -0.899. The van der Waals surface area contributed by atoms with E-state index < -0.39 is 4.75 Å². The van der Waals surface area contributed by atoms with Crippen LogP contribution in [-0.4, -0.2) is 11.1 Å². The molecule has 1 heterocycles. The maximum Gasteiger partial charge on any atom is 0.287 e. The van der Waals surface area contributed by atoms with Crippen molar-refractivity contribution in [3.8, 4) is 11.1 Å². The summed E-state index contributed by atoms with van der Waals surface area (Å²) in [7, 11) is 0. The van der Waals surface area contributed by atoms with Crippen LogP contribution < -0.4 is 5.32 Å². The second-order valence-electron chi connectivity index (χ2n) is 4.62. The Bertz CT molecular complexity index is 693. The molecule has 4 heteroatoms. The van der Waals surface area contributed by atoms with Crippen molar-refractivity contribution in [1.82, 2.24) is 5.32 Å². The van der Waals surface area contributed by atoms with Crippen LogP contribution in [0, 0.1) is 0 Å². The molecule has 0 atom stereocenters. The predicted octanol–water partition coefficient (Wildman–Crippen LogP) is 2.89. The zero-order chi connectivity index (χ0) is 13.0. The predicted molar refractivity (Wildman–Crippen MR) is 73.8 cm³/mol. The van der Waals surface area contributed by atoms with Crippen molar-refractivity contribution >= 4 is 22.9 Å². The monoisotopic (exact) mass is 267 g/mol. The third-order valence-corrected chi connectivity index (χ3v) is 4.90. The van der Waals surface area contributed by atoms with Crippen LogP contribution in [0.1, 0.15) is 11.1 Å². The zero-order valence-electron chi connectivity index (χ0n) is 9.84. The molecule has 1 saturated heterocycles. The first-order chi connectivity index (χ1) is 9.23. The Morgan fingerprint density at radius 2 is 1.37 bits per heavy atom. The van der Waals surface area contributed by atoms with E-state index in [1.54, 1.807) is 0 Å². The summed E-state index contributed by atoms with van der Waals surface area (Å²) in [6, 6.07) is 15.6. The molecular formula is C15H9NO2S. The molecule has 0 aromatic heterocycles. The highest BCUT2D eigenvalue weighted by atomic mass is 32.2. The lowest BCUT2D eigenvalue weighted by Gasteiger charge is -2.20. The van der Waals surface area contributed by atoms with Crippen molar-refractivity contribution in [3.05, 3.63) is 59.7 Å². The minimum atomic E-state index is -0.899. The molecule has 92 valence electrons. The minimum absolute atomic E-state index is 0.236. The fourth-order valence-corrected chi connectivity index (χ4v) is 4.08. The van der Waals surface area contributed by atoms with Crippen molar-refractivity contribution in [2.24, 2.45) is 0 Å². The number of carbonyl (C=O) groups is 2. The Morgan fingerprint density at radius 3 is 1.84 bits per heavy atom. The number of benzene rings is 2. The zero-order valence-corrected chi connectivity index (χ0v) is 10.7. The second kappa shape index (κ2) is 3.48. The summed E-state index contributed by atoms with van der Waals surface area (Å²) in [5.74, 6) is -0.236. The van der Waals surface area contributed by atoms with Crippen molar-refractivity contribution in [1.29, 1.82) is 0 Å². The lowest BCUT2D eigenvalue weighted by Crippen LogP contribution is -2.33. The molecule has 1 fully saturated rings. The standard InChI is InChI=1S/C15H9NO2S/c17-13-15(19-14(18)16-13)11-7-3-1-5-9(11)10-6-2-4-8-12(10)15/h1-8H,(H,16,17,18). The average molecular weight is 267 g/mol. The number of hydrogen-bond acceptors (Lipinski definition) is 3. The van der Waals surface area contributed by atoms with Crippen LogP contribution in [0.25, 0.3) is 11.1 Å². The fourth-order valence-electron chi connectivity index (χ4n) is 2.94. The number of thioether (sulfide) groups is 1. The lowest BCUT2D eigenvalue weighted by atomic mass is 9.95. The Kier molecular flexibility index (Phi) is 1.98. The number of hydrogen-bond donors (Lipinski definition) is 1. The Labute approximate surface area is 114 Å². The van der Waals surface area contributed by atoms with Gasteiger partial charge in [0.15, 0.2) is 4.75 Å². The van der Waals surface area contributed by atoms with Gasteiger partial charge in [-0.3, -0.25) is 14.9 Å². The van der Waals surface area contributed by atoms with Gasteiger partial charge in [0.05, 0.1) is 0 Å². The van der Waals surface area contributed by atoms with E-state index in [0.29, 0.717) is 0 Å². The summed E-state index contributed by atoms with van der Waals surface area (Å²) in [5, 5.41) is 2.14. The summed E-state index contributed by atoms with van der Waals surface area (Å²) >= 11 is 1.07. The van der Waals surface area contributed by atoms with Gasteiger partial charge in [-0.05, 0) is 34.0 Å². The van der Waals surface area contributed by atoms with Crippen LogP contribution >= 0.6 is 11.8 Å². The molecule has 2 aromatic rings. The second-order valence-corrected chi connectivity index (χ2v) is 5.80. The SMILES string of the molecule is O=C1NC(=O)C2(S1)c1ccccc1-c1ccccc12. The van der Waals surface area contributed by atoms with Gasteiger partial charge in [0.25, 0.3) is 11.1 Å². The molecule has 0 unspecified atom stereocenters. The number of carbonyl (C=O) groups excluding carboxylic acids is 2. The van der Waals surface area contributed by atoms with Gasteiger partial charge < -0.3 is 0 Å². The molecule has 0 bridgehead atoms. The number of amides is 2. The highest BCUT2D eigenvalue weighted by molar-refractivity contribution is 8.15.